The van der Waals surface area contributed by atoms with E-state index in [-0.39, 0.29) is 0 Å². The molecule has 0 saturated heterocycles. The molecule has 0 unspecified atom stereocenters. The van der Waals surface area contributed by atoms with Crippen LogP contribution in [-0.2, 0) is 9.47 Å². The SMILES string of the molecule is COCCCNCCOCCOc1ccc(C)c(C)c1. The summed E-state index contributed by atoms with van der Waals surface area (Å²) < 4.78 is 16.1. The molecular formula is C16H27NO3. The molecule has 0 aliphatic heterocycles. The number of benzene rings is 1. The highest BCUT2D eigenvalue weighted by Crippen LogP contribution is 2.16. The van der Waals surface area contributed by atoms with Crippen LogP contribution in [0.25, 0.3) is 0 Å². The van der Waals surface area contributed by atoms with Crippen molar-refractivity contribution in [2.24, 2.45) is 0 Å². The minimum absolute atomic E-state index is 0.589. The number of hydrogen-bond acceptors (Lipinski definition) is 4. The lowest BCUT2D eigenvalue weighted by Crippen LogP contribution is -2.22. The van der Waals surface area contributed by atoms with Gasteiger partial charge in [-0.25, -0.2) is 0 Å². The molecule has 4 heteroatoms. The van der Waals surface area contributed by atoms with Crippen molar-refractivity contribution in [3.63, 3.8) is 0 Å². The second kappa shape index (κ2) is 10.7. The second-order valence-corrected chi connectivity index (χ2v) is 4.80. The summed E-state index contributed by atoms with van der Waals surface area (Å²) in [5.41, 5.74) is 2.54. The summed E-state index contributed by atoms with van der Waals surface area (Å²) in [5.74, 6) is 0.911. The first-order chi connectivity index (χ1) is 9.74. The Labute approximate surface area is 122 Å². The van der Waals surface area contributed by atoms with E-state index in [4.69, 9.17) is 14.2 Å². The normalized spacial score (nSPS) is 10.8. The Bertz CT molecular complexity index is 369. The van der Waals surface area contributed by atoms with Crippen LogP contribution in [0.4, 0.5) is 0 Å². The van der Waals surface area contributed by atoms with Crippen LogP contribution < -0.4 is 10.1 Å². The Morgan fingerprint density at radius 3 is 2.55 bits per heavy atom. The zero-order valence-electron chi connectivity index (χ0n) is 12.9. The summed E-state index contributed by atoms with van der Waals surface area (Å²) in [6, 6.07) is 6.14. The average Bonchev–Trinajstić information content (AvgIpc) is 2.45. The van der Waals surface area contributed by atoms with Gasteiger partial charge in [-0.3, -0.25) is 0 Å². The van der Waals surface area contributed by atoms with Crippen LogP contribution in [-0.4, -0.2) is 46.6 Å². The maximum absolute atomic E-state index is 5.64. The molecule has 0 aliphatic rings. The van der Waals surface area contributed by atoms with E-state index in [2.05, 4.69) is 31.3 Å². The summed E-state index contributed by atoms with van der Waals surface area (Å²) in [5, 5.41) is 3.30. The third-order valence-electron chi connectivity index (χ3n) is 3.10. The lowest BCUT2D eigenvalue weighted by Gasteiger charge is -2.09. The molecule has 0 amide bonds. The monoisotopic (exact) mass is 281 g/mol. The predicted molar refractivity (Wildman–Crippen MR) is 81.6 cm³/mol. The molecule has 0 radical (unpaired) electrons. The first-order valence-corrected chi connectivity index (χ1v) is 7.21. The fourth-order valence-electron chi connectivity index (χ4n) is 1.74. The molecule has 0 aromatic heterocycles. The first-order valence-electron chi connectivity index (χ1n) is 7.21. The fourth-order valence-corrected chi connectivity index (χ4v) is 1.74. The van der Waals surface area contributed by atoms with E-state index < -0.39 is 0 Å². The highest BCUT2D eigenvalue weighted by molar-refractivity contribution is 5.33. The van der Waals surface area contributed by atoms with Gasteiger partial charge in [-0.1, -0.05) is 6.07 Å². The molecule has 0 saturated carbocycles. The van der Waals surface area contributed by atoms with Gasteiger partial charge in [0.05, 0.1) is 13.2 Å². The van der Waals surface area contributed by atoms with Crippen molar-refractivity contribution in [2.45, 2.75) is 20.3 Å². The third-order valence-corrected chi connectivity index (χ3v) is 3.10. The van der Waals surface area contributed by atoms with Gasteiger partial charge in [0.1, 0.15) is 12.4 Å². The first kappa shape index (κ1) is 17.0. The Hall–Kier alpha value is -1.10. The number of hydrogen-bond donors (Lipinski definition) is 1. The summed E-state index contributed by atoms with van der Waals surface area (Å²) in [6.07, 6.45) is 1.03. The summed E-state index contributed by atoms with van der Waals surface area (Å²) in [6.45, 7) is 8.75. The second-order valence-electron chi connectivity index (χ2n) is 4.80. The quantitative estimate of drug-likeness (QED) is 0.632. The van der Waals surface area contributed by atoms with E-state index in [0.717, 1.165) is 31.9 Å². The molecule has 4 nitrogen and oxygen atoms in total. The summed E-state index contributed by atoms with van der Waals surface area (Å²) >= 11 is 0. The molecule has 1 aromatic carbocycles. The third kappa shape index (κ3) is 7.48. The van der Waals surface area contributed by atoms with Crippen LogP contribution in [0.15, 0.2) is 18.2 Å². The van der Waals surface area contributed by atoms with Gasteiger partial charge in [0, 0.05) is 20.3 Å². The highest BCUT2D eigenvalue weighted by atomic mass is 16.5. The van der Waals surface area contributed by atoms with E-state index in [0.29, 0.717) is 19.8 Å². The molecule has 0 heterocycles. The van der Waals surface area contributed by atoms with Crippen LogP contribution in [0.2, 0.25) is 0 Å². The van der Waals surface area contributed by atoms with Gasteiger partial charge in [0.25, 0.3) is 0 Å². The lowest BCUT2D eigenvalue weighted by molar-refractivity contribution is 0.101. The highest BCUT2D eigenvalue weighted by Gasteiger charge is 1.97. The van der Waals surface area contributed by atoms with Crippen molar-refractivity contribution in [3.05, 3.63) is 29.3 Å². The van der Waals surface area contributed by atoms with E-state index in [1.165, 1.54) is 11.1 Å². The Balaban J connectivity index is 1.95. The molecule has 1 rings (SSSR count). The number of ether oxygens (including phenoxy) is 3. The van der Waals surface area contributed by atoms with Gasteiger partial charge in [-0.2, -0.15) is 0 Å². The molecule has 114 valence electrons. The smallest absolute Gasteiger partial charge is 0.119 e. The molecule has 0 atom stereocenters. The van der Waals surface area contributed by atoms with E-state index in [1.54, 1.807) is 7.11 Å². The van der Waals surface area contributed by atoms with Crippen molar-refractivity contribution in [1.82, 2.24) is 5.32 Å². The number of aryl methyl sites for hydroxylation is 2. The van der Waals surface area contributed by atoms with Crippen LogP contribution >= 0.6 is 0 Å². The van der Waals surface area contributed by atoms with Crippen molar-refractivity contribution in [2.75, 3.05) is 46.6 Å². The van der Waals surface area contributed by atoms with E-state index in [1.807, 2.05) is 6.07 Å². The van der Waals surface area contributed by atoms with Crippen LogP contribution in [0.1, 0.15) is 17.5 Å². The summed E-state index contributed by atoms with van der Waals surface area (Å²) in [4.78, 5) is 0. The molecule has 0 aliphatic carbocycles. The Morgan fingerprint density at radius 1 is 0.950 bits per heavy atom. The van der Waals surface area contributed by atoms with E-state index in [9.17, 15) is 0 Å². The van der Waals surface area contributed by atoms with Gasteiger partial charge in [-0.05, 0) is 50.1 Å². The van der Waals surface area contributed by atoms with Crippen molar-refractivity contribution >= 4 is 0 Å². The molecule has 0 fully saturated rings. The van der Waals surface area contributed by atoms with Crippen LogP contribution in [0.3, 0.4) is 0 Å². The van der Waals surface area contributed by atoms with Gasteiger partial charge >= 0.3 is 0 Å². The Kier molecular flexibility index (Phi) is 9.04. The molecule has 1 N–H and O–H groups in total. The fraction of sp³-hybridized carbons (Fsp3) is 0.625. The average molecular weight is 281 g/mol. The zero-order valence-corrected chi connectivity index (χ0v) is 12.9. The van der Waals surface area contributed by atoms with Crippen molar-refractivity contribution in [3.8, 4) is 5.75 Å². The van der Waals surface area contributed by atoms with Gasteiger partial charge < -0.3 is 19.5 Å². The van der Waals surface area contributed by atoms with Gasteiger partial charge in [-0.15, -0.1) is 0 Å². The van der Waals surface area contributed by atoms with E-state index >= 15 is 0 Å². The number of methoxy groups -OCH3 is 1. The molecule has 0 bridgehead atoms. The van der Waals surface area contributed by atoms with Crippen molar-refractivity contribution in [1.29, 1.82) is 0 Å². The predicted octanol–water partition coefficient (Wildman–Crippen LogP) is 2.32. The largest absolute Gasteiger partial charge is 0.491 e. The van der Waals surface area contributed by atoms with Crippen molar-refractivity contribution < 1.29 is 14.2 Å². The molecule has 1 aromatic rings. The van der Waals surface area contributed by atoms with Gasteiger partial charge in [0.2, 0.25) is 0 Å². The maximum atomic E-state index is 5.64. The minimum atomic E-state index is 0.589. The zero-order chi connectivity index (χ0) is 14.6. The lowest BCUT2D eigenvalue weighted by atomic mass is 10.1. The summed E-state index contributed by atoms with van der Waals surface area (Å²) in [7, 11) is 1.72. The minimum Gasteiger partial charge on any atom is -0.491 e. The van der Waals surface area contributed by atoms with Gasteiger partial charge in [0.15, 0.2) is 0 Å². The molecule has 20 heavy (non-hydrogen) atoms. The topological polar surface area (TPSA) is 39.7 Å². The number of rotatable bonds is 11. The standard InChI is InChI=1S/C16H27NO3/c1-14-5-6-16(13-15(14)2)20-12-11-19-10-8-17-7-4-9-18-3/h5-6,13,17H,4,7-12H2,1-3H3. The molecule has 0 spiro atoms. The maximum Gasteiger partial charge on any atom is 0.119 e. The number of nitrogens with one attached hydrogen (secondary N) is 1. The Morgan fingerprint density at radius 2 is 1.80 bits per heavy atom. The molecular weight excluding hydrogens is 254 g/mol. The van der Waals surface area contributed by atoms with Crippen LogP contribution in [0, 0.1) is 13.8 Å². The van der Waals surface area contributed by atoms with Crippen LogP contribution in [0.5, 0.6) is 5.75 Å².